The molecule has 11 nitrogen and oxygen atoms in total. The Labute approximate surface area is 181 Å². The van der Waals surface area contributed by atoms with Crippen molar-refractivity contribution in [3.8, 4) is 17.2 Å². The van der Waals surface area contributed by atoms with Crippen LogP contribution in [0.5, 0.6) is 17.2 Å². The monoisotopic (exact) mass is 444 g/mol. The number of non-ortho nitro benzene ring substituents is 1. The Balaban J connectivity index is 1.61. The Morgan fingerprint density at radius 3 is 2.31 bits per heavy atom. The highest BCUT2D eigenvalue weighted by Crippen LogP contribution is 2.36. The number of hydrogen-bond donors (Lipinski definition) is 0. The van der Waals surface area contributed by atoms with Gasteiger partial charge in [-0.15, -0.1) is 0 Å². The summed E-state index contributed by atoms with van der Waals surface area (Å²) >= 11 is 0. The third-order valence-corrected chi connectivity index (χ3v) is 4.69. The predicted molar refractivity (Wildman–Crippen MR) is 114 cm³/mol. The minimum absolute atomic E-state index is 0.0359. The Bertz CT molecular complexity index is 1220. The number of hydrogen-bond acceptors (Lipinski definition) is 9. The predicted octanol–water partition coefficient (Wildman–Crippen LogP) is 4.16. The van der Waals surface area contributed by atoms with Gasteiger partial charge in [-0.05, 0) is 31.9 Å². The first-order valence-corrected chi connectivity index (χ1v) is 9.61. The van der Waals surface area contributed by atoms with Gasteiger partial charge < -0.3 is 18.6 Å². The van der Waals surface area contributed by atoms with Crippen LogP contribution in [0.2, 0.25) is 0 Å². The fourth-order valence-corrected chi connectivity index (χ4v) is 3.11. The van der Waals surface area contributed by atoms with E-state index in [1.165, 1.54) is 19.2 Å². The van der Waals surface area contributed by atoms with Gasteiger partial charge in [0.15, 0.2) is 5.75 Å². The highest BCUT2D eigenvalue weighted by molar-refractivity contribution is 5.87. The van der Waals surface area contributed by atoms with E-state index in [0.29, 0.717) is 41.9 Å². The fourth-order valence-electron chi connectivity index (χ4n) is 3.11. The Kier molecular flexibility index (Phi) is 6.88. The number of rotatable bonds is 10. The number of nitro groups is 2. The fraction of sp³-hybridized carbons (Fsp3) is 0.286. The summed E-state index contributed by atoms with van der Waals surface area (Å²) < 4.78 is 21.9. The van der Waals surface area contributed by atoms with E-state index in [1.54, 1.807) is 12.1 Å². The largest absolute Gasteiger partial charge is 0.496 e. The maximum Gasteiger partial charge on any atom is 0.336 e. The van der Waals surface area contributed by atoms with Gasteiger partial charge in [0, 0.05) is 23.8 Å². The molecule has 1 aromatic heterocycles. The minimum atomic E-state index is -0.722. The first-order valence-electron chi connectivity index (χ1n) is 9.61. The molecule has 0 aliphatic carbocycles. The molecule has 1 heterocycles. The molecule has 0 saturated carbocycles. The third kappa shape index (κ3) is 4.94. The van der Waals surface area contributed by atoms with E-state index in [9.17, 15) is 25.0 Å². The van der Waals surface area contributed by atoms with E-state index in [0.717, 1.165) is 17.7 Å². The first-order chi connectivity index (χ1) is 15.3. The topological polar surface area (TPSA) is 144 Å². The summed E-state index contributed by atoms with van der Waals surface area (Å²) in [5.41, 5.74) is -0.216. The number of ether oxygens (including phenoxy) is 3. The van der Waals surface area contributed by atoms with Crippen molar-refractivity contribution in [3.63, 3.8) is 0 Å². The molecule has 2 aromatic carbocycles. The van der Waals surface area contributed by atoms with Gasteiger partial charge in [-0.2, -0.15) is 0 Å². The quantitative estimate of drug-likeness (QED) is 0.195. The molecule has 0 amide bonds. The molecule has 0 aliphatic rings. The lowest BCUT2D eigenvalue weighted by molar-refractivity contribution is -0.394. The Morgan fingerprint density at radius 1 is 0.938 bits per heavy atom. The summed E-state index contributed by atoms with van der Waals surface area (Å²) in [6.45, 7) is 2.30. The van der Waals surface area contributed by atoms with Gasteiger partial charge in [0.25, 0.3) is 5.69 Å². The molecule has 0 spiro atoms. The second kappa shape index (κ2) is 9.77. The molecule has 0 atom stereocenters. The van der Waals surface area contributed by atoms with Gasteiger partial charge in [-0.3, -0.25) is 20.2 Å². The normalized spacial score (nSPS) is 10.7. The van der Waals surface area contributed by atoms with Crippen molar-refractivity contribution in [3.05, 3.63) is 72.6 Å². The van der Waals surface area contributed by atoms with Gasteiger partial charge in [-0.25, -0.2) is 4.79 Å². The lowest BCUT2D eigenvalue weighted by Gasteiger charge is -2.14. The molecular weight excluding hydrogens is 424 g/mol. The second-order valence-electron chi connectivity index (χ2n) is 6.77. The van der Waals surface area contributed by atoms with E-state index in [2.05, 4.69) is 0 Å². The Morgan fingerprint density at radius 2 is 1.66 bits per heavy atom. The van der Waals surface area contributed by atoms with Crippen molar-refractivity contribution in [1.29, 1.82) is 0 Å². The van der Waals surface area contributed by atoms with Crippen LogP contribution in [0.1, 0.15) is 18.4 Å². The van der Waals surface area contributed by atoms with Crippen LogP contribution in [0.3, 0.4) is 0 Å². The van der Waals surface area contributed by atoms with E-state index in [1.807, 2.05) is 6.92 Å². The SMILES string of the molecule is COc1cc2oc(=O)ccc2c(OCCCCOc2ccc([N+](=O)[O-])cc2[N+](=O)[O-])c1C. The van der Waals surface area contributed by atoms with Crippen molar-refractivity contribution in [2.75, 3.05) is 20.3 Å². The maximum atomic E-state index is 11.5. The zero-order valence-electron chi connectivity index (χ0n) is 17.4. The molecule has 0 radical (unpaired) electrons. The zero-order valence-corrected chi connectivity index (χ0v) is 17.4. The highest BCUT2D eigenvalue weighted by atomic mass is 16.6. The van der Waals surface area contributed by atoms with Gasteiger partial charge in [0.2, 0.25) is 0 Å². The van der Waals surface area contributed by atoms with Gasteiger partial charge in [0.05, 0.1) is 41.6 Å². The van der Waals surface area contributed by atoms with Crippen LogP contribution in [-0.4, -0.2) is 30.2 Å². The highest BCUT2D eigenvalue weighted by Gasteiger charge is 2.20. The molecule has 3 rings (SSSR count). The van der Waals surface area contributed by atoms with Crippen LogP contribution in [0.15, 0.2) is 45.6 Å². The van der Waals surface area contributed by atoms with E-state index in [-0.39, 0.29) is 18.0 Å². The number of methoxy groups -OCH3 is 1. The molecule has 0 fully saturated rings. The Hall–Kier alpha value is -4.15. The zero-order chi connectivity index (χ0) is 23.3. The average Bonchev–Trinajstić information content (AvgIpc) is 2.76. The molecule has 0 N–H and O–H groups in total. The molecule has 3 aromatic rings. The summed E-state index contributed by atoms with van der Waals surface area (Å²) in [4.78, 5) is 32.0. The lowest BCUT2D eigenvalue weighted by Crippen LogP contribution is -2.06. The van der Waals surface area contributed by atoms with Gasteiger partial charge >= 0.3 is 11.3 Å². The molecule has 168 valence electrons. The molecule has 0 aliphatic heterocycles. The van der Waals surface area contributed by atoms with Crippen molar-refractivity contribution in [1.82, 2.24) is 0 Å². The molecule has 32 heavy (non-hydrogen) atoms. The molecule has 0 unspecified atom stereocenters. The smallest absolute Gasteiger partial charge is 0.336 e. The van der Waals surface area contributed by atoms with Crippen LogP contribution in [0.25, 0.3) is 11.0 Å². The molecule has 0 saturated heterocycles. The average molecular weight is 444 g/mol. The summed E-state index contributed by atoms with van der Waals surface area (Å²) in [5, 5.41) is 22.6. The van der Waals surface area contributed by atoms with Crippen LogP contribution >= 0.6 is 0 Å². The lowest BCUT2D eigenvalue weighted by atomic mass is 10.1. The minimum Gasteiger partial charge on any atom is -0.496 e. The van der Waals surface area contributed by atoms with Crippen molar-refractivity contribution < 1.29 is 28.5 Å². The summed E-state index contributed by atoms with van der Waals surface area (Å²) in [6.07, 6.45) is 1.08. The van der Waals surface area contributed by atoms with Crippen molar-refractivity contribution >= 4 is 22.3 Å². The summed E-state index contributed by atoms with van der Waals surface area (Å²) in [7, 11) is 1.51. The van der Waals surface area contributed by atoms with Crippen molar-refractivity contribution in [2.24, 2.45) is 0 Å². The maximum absolute atomic E-state index is 11.5. The van der Waals surface area contributed by atoms with Crippen LogP contribution in [0.4, 0.5) is 11.4 Å². The van der Waals surface area contributed by atoms with E-state index < -0.39 is 21.2 Å². The van der Waals surface area contributed by atoms with Crippen molar-refractivity contribution in [2.45, 2.75) is 19.8 Å². The second-order valence-corrected chi connectivity index (χ2v) is 6.77. The number of benzene rings is 2. The van der Waals surface area contributed by atoms with Crippen LogP contribution < -0.4 is 19.8 Å². The van der Waals surface area contributed by atoms with E-state index >= 15 is 0 Å². The summed E-state index contributed by atoms with van der Waals surface area (Å²) in [6, 6.07) is 7.80. The first kappa shape index (κ1) is 22.5. The number of nitro benzene ring substituents is 2. The molecule has 11 heteroatoms. The number of fused-ring (bicyclic) bond motifs is 1. The number of unbranched alkanes of at least 4 members (excludes halogenated alkanes) is 1. The van der Waals surface area contributed by atoms with Gasteiger partial charge in [-0.1, -0.05) is 0 Å². The third-order valence-electron chi connectivity index (χ3n) is 4.69. The molecular formula is C21H20N2O9. The standard InChI is InChI=1S/C21H20N2O9/c1-13-18(29-2)12-19-15(6-8-20(24)32-19)21(13)31-10-4-3-9-30-17-7-5-14(22(25)26)11-16(17)23(27)28/h5-8,11-12H,3-4,9-10H2,1-2H3. The number of nitrogens with zero attached hydrogens (tertiary/aromatic N) is 2. The van der Waals surface area contributed by atoms with E-state index in [4.69, 9.17) is 18.6 Å². The summed E-state index contributed by atoms with van der Waals surface area (Å²) in [5.74, 6) is 1.02. The van der Waals surface area contributed by atoms with Crippen LogP contribution in [0, 0.1) is 27.2 Å². The van der Waals surface area contributed by atoms with Crippen LogP contribution in [-0.2, 0) is 0 Å². The molecule has 0 bridgehead atoms. The van der Waals surface area contributed by atoms with Gasteiger partial charge in [0.1, 0.15) is 17.1 Å².